The summed E-state index contributed by atoms with van der Waals surface area (Å²) in [5.74, 6) is -1.56. The number of nitrogens with one attached hydrogen (secondary N) is 2. The van der Waals surface area contributed by atoms with Crippen LogP contribution < -0.4 is 5.32 Å². The number of H-pyrrole nitrogens is 1. The molecule has 0 saturated carbocycles. The largest absolute Gasteiger partial charge is 0.480 e. The second-order valence-corrected chi connectivity index (χ2v) is 5.73. The van der Waals surface area contributed by atoms with E-state index in [0.29, 0.717) is 5.39 Å². The fourth-order valence-corrected chi connectivity index (χ4v) is 1.98. The molecule has 6 nitrogen and oxygen atoms in total. The lowest BCUT2D eigenvalue weighted by atomic mass is 9.86. The number of amides is 1. The summed E-state index contributed by atoms with van der Waals surface area (Å²) in [5, 5.41) is 19.1. The molecule has 2 rings (SSSR count). The first-order chi connectivity index (χ1) is 9.30. The van der Waals surface area contributed by atoms with Crippen LogP contribution in [0.5, 0.6) is 0 Å². The molecular formula is C14H17N3O3. The molecule has 20 heavy (non-hydrogen) atoms. The van der Waals surface area contributed by atoms with Crippen molar-refractivity contribution in [3.63, 3.8) is 0 Å². The topological polar surface area (TPSA) is 95.1 Å². The first kappa shape index (κ1) is 14.0. The Hall–Kier alpha value is -2.37. The van der Waals surface area contributed by atoms with Crippen LogP contribution in [0.1, 0.15) is 31.3 Å². The van der Waals surface area contributed by atoms with Crippen molar-refractivity contribution < 1.29 is 14.7 Å². The maximum atomic E-state index is 12.2. The molecule has 0 bridgehead atoms. The third kappa shape index (κ3) is 2.64. The van der Waals surface area contributed by atoms with Crippen molar-refractivity contribution in [2.45, 2.75) is 26.8 Å². The number of aromatic nitrogens is 2. The lowest BCUT2D eigenvalue weighted by Gasteiger charge is -2.27. The number of para-hydroxylation sites is 1. The third-order valence-corrected chi connectivity index (χ3v) is 3.07. The maximum absolute atomic E-state index is 12.2. The predicted molar refractivity (Wildman–Crippen MR) is 74.4 cm³/mol. The molecule has 0 aliphatic carbocycles. The zero-order chi connectivity index (χ0) is 14.9. The van der Waals surface area contributed by atoms with Gasteiger partial charge in [-0.2, -0.15) is 5.10 Å². The number of hydrogen-bond acceptors (Lipinski definition) is 3. The van der Waals surface area contributed by atoms with Crippen LogP contribution in [0.4, 0.5) is 0 Å². The molecule has 0 aliphatic heterocycles. The average molecular weight is 275 g/mol. The molecule has 0 saturated heterocycles. The number of rotatable bonds is 3. The summed E-state index contributed by atoms with van der Waals surface area (Å²) in [7, 11) is 0. The van der Waals surface area contributed by atoms with Gasteiger partial charge in [-0.05, 0) is 11.5 Å². The van der Waals surface area contributed by atoms with E-state index in [1.165, 1.54) is 0 Å². The molecule has 1 aromatic carbocycles. The first-order valence-corrected chi connectivity index (χ1v) is 6.27. The van der Waals surface area contributed by atoms with Crippen LogP contribution in [-0.2, 0) is 4.79 Å². The van der Waals surface area contributed by atoms with E-state index < -0.39 is 23.3 Å². The maximum Gasteiger partial charge on any atom is 0.326 e. The Morgan fingerprint density at radius 3 is 2.55 bits per heavy atom. The summed E-state index contributed by atoms with van der Waals surface area (Å²) in [6.07, 6.45) is 0. The molecule has 3 N–H and O–H groups in total. The highest BCUT2D eigenvalue weighted by molar-refractivity contribution is 6.05. The Morgan fingerprint density at radius 1 is 1.30 bits per heavy atom. The molecule has 1 heterocycles. The van der Waals surface area contributed by atoms with Gasteiger partial charge in [-0.25, -0.2) is 4.79 Å². The van der Waals surface area contributed by atoms with Gasteiger partial charge in [0.2, 0.25) is 0 Å². The Bertz CT molecular complexity index is 655. The van der Waals surface area contributed by atoms with E-state index in [2.05, 4.69) is 15.5 Å². The molecule has 0 unspecified atom stereocenters. The van der Waals surface area contributed by atoms with Gasteiger partial charge in [-0.1, -0.05) is 39.0 Å². The second kappa shape index (κ2) is 4.96. The fraction of sp³-hybridized carbons (Fsp3) is 0.357. The Balaban J connectivity index is 2.30. The number of carboxylic acid groups (broad SMARTS) is 1. The summed E-state index contributed by atoms with van der Waals surface area (Å²) in [4.78, 5) is 23.5. The number of carbonyl (C=O) groups excluding carboxylic acids is 1. The number of benzene rings is 1. The van der Waals surface area contributed by atoms with Gasteiger partial charge < -0.3 is 10.4 Å². The minimum atomic E-state index is -1.06. The van der Waals surface area contributed by atoms with Gasteiger partial charge in [-0.3, -0.25) is 9.89 Å². The zero-order valence-electron chi connectivity index (χ0n) is 11.6. The number of aliphatic carboxylic acids is 1. The normalized spacial score (nSPS) is 13.2. The lowest BCUT2D eigenvalue weighted by Crippen LogP contribution is -2.49. The molecular weight excluding hydrogens is 258 g/mol. The van der Waals surface area contributed by atoms with E-state index in [9.17, 15) is 14.7 Å². The van der Waals surface area contributed by atoms with E-state index in [0.717, 1.165) is 5.52 Å². The summed E-state index contributed by atoms with van der Waals surface area (Å²) in [6.45, 7) is 5.28. The van der Waals surface area contributed by atoms with Crippen LogP contribution in [0.3, 0.4) is 0 Å². The van der Waals surface area contributed by atoms with Gasteiger partial charge in [0, 0.05) is 5.39 Å². The van der Waals surface area contributed by atoms with Gasteiger partial charge in [0.1, 0.15) is 6.04 Å². The van der Waals surface area contributed by atoms with Crippen molar-refractivity contribution in [1.82, 2.24) is 15.5 Å². The smallest absolute Gasteiger partial charge is 0.326 e. The summed E-state index contributed by atoms with van der Waals surface area (Å²) in [5.41, 5.74) is 0.351. The van der Waals surface area contributed by atoms with Crippen molar-refractivity contribution in [3.8, 4) is 0 Å². The van der Waals surface area contributed by atoms with Gasteiger partial charge >= 0.3 is 5.97 Å². The van der Waals surface area contributed by atoms with E-state index in [4.69, 9.17) is 0 Å². The van der Waals surface area contributed by atoms with E-state index in [-0.39, 0.29) is 5.69 Å². The van der Waals surface area contributed by atoms with Gasteiger partial charge in [0.05, 0.1) is 5.52 Å². The molecule has 6 heteroatoms. The molecule has 2 aromatic rings. The highest BCUT2D eigenvalue weighted by Crippen LogP contribution is 2.21. The molecule has 106 valence electrons. The Labute approximate surface area is 116 Å². The second-order valence-electron chi connectivity index (χ2n) is 5.73. The highest BCUT2D eigenvalue weighted by atomic mass is 16.4. The molecule has 1 atom stereocenters. The van der Waals surface area contributed by atoms with Gasteiger partial charge in [-0.15, -0.1) is 0 Å². The van der Waals surface area contributed by atoms with Crippen LogP contribution in [-0.4, -0.2) is 33.2 Å². The number of hydrogen-bond donors (Lipinski definition) is 3. The highest BCUT2D eigenvalue weighted by Gasteiger charge is 2.33. The molecule has 0 fully saturated rings. The first-order valence-electron chi connectivity index (χ1n) is 6.27. The monoisotopic (exact) mass is 275 g/mol. The molecule has 1 aromatic heterocycles. The van der Waals surface area contributed by atoms with Gasteiger partial charge in [0.25, 0.3) is 5.91 Å². The van der Waals surface area contributed by atoms with Crippen LogP contribution in [0, 0.1) is 5.41 Å². The molecule has 0 spiro atoms. The van der Waals surface area contributed by atoms with E-state index in [1.54, 1.807) is 39.0 Å². The molecule has 0 radical (unpaired) electrons. The summed E-state index contributed by atoms with van der Waals surface area (Å²) in [6, 6.07) is 6.22. The minimum Gasteiger partial charge on any atom is -0.480 e. The Morgan fingerprint density at radius 2 is 1.95 bits per heavy atom. The number of carboxylic acids is 1. The van der Waals surface area contributed by atoms with E-state index in [1.807, 2.05) is 6.07 Å². The zero-order valence-corrected chi connectivity index (χ0v) is 11.6. The Kier molecular flexibility index (Phi) is 3.48. The average Bonchev–Trinajstić information content (AvgIpc) is 2.77. The SMILES string of the molecule is CC(C)(C)[C@@H](NC(=O)c1n[nH]c2ccccc12)C(=O)O. The summed E-state index contributed by atoms with van der Waals surface area (Å²) < 4.78 is 0. The fourth-order valence-electron chi connectivity index (χ4n) is 1.98. The molecule has 1 amide bonds. The van der Waals surface area contributed by atoms with Crippen LogP contribution in [0.25, 0.3) is 10.9 Å². The number of aromatic amines is 1. The van der Waals surface area contributed by atoms with Crippen LogP contribution >= 0.6 is 0 Å². The van der Waals surface area contributed by atoms with Crippen molar-refractivity contribution in [1.29, 1.82) is 0 Å². The molecule has 0 aliphatic rings. The number of fused-ring (bicyclic) bond motifs is 1. The van der Waals surface area contributed by atoms with Crippen molar-refractivity contribution in [2.75, 3.05) is 0 Å². The van der Waals surface area contributed by atoms with Crippen LogP contribution in [0.15, 0.2) is 24.3 Å². The standard InChI is InChI=1S/C14H17N3O3/c1-14(2,3)11(13(19)20)15-12(18)10-8-6-4-5-7-9(8)16-17-10/h4-7,11H,1-3H3,(H,15,18)(H,16,17)(H,19,20)/t11-/m0/s1. The van der Waals surface area contributed by atoms with Crippen LogP contribution in [0.2, 0.25) is 0 Å². The number of carbonyl (C=O) groups is 2. The van der Waals surface area contributed by atoms with Gasteiger partial charge in [0.15, 0.2) is 5.69 Å². The van der Waals surface area contributed by atoms with Crippen molar-refractivity contribution >= 4 is 22.8 Å². The predicted octanol–water partition coefficient (Wildman–Crippen LogP) is 1.79. The summed E-state index contributed by atoms with van der Waals surface area (Å²) >= 11 is 0. The minimum absolute atomic E-state index is 0.205. The van der Waals surface area contributed by atoms with E-state index >= 15 is 0 Å². The quantitative estimate of drug-likeness (QED) is 0.795. The van der Waals surface area contributed by atoms with Crippen molar-refractivity contribution in [2.24, 2.45) is 5.41 Å². The third-order valence-electron chi connectivity index (χ3n) is 3.07. The lowest BCUT2D eigenvalue weighted by molar-refractivity contribution is -0.142. The van der Waals surface area contributed by atoms with Crippen molar-refractivity contribution in [3.05, 3.63) is 30.0 Å². The number of nitrogens with zero attached hydrogens (tertiary/aromatic N) is 1.